The molecule has 2 rings (SSSR count). The number of likely N-dealkylation sites (tertiary alicyclic amines) is 1. The summed E-state index contributed by atoms with van der Waals surface area (Å²) in [6, 6.07) is 2.19. The van der Waals surface area contributed by atoms with Crippen molar-refractivity contribution in [2.24, 2.45) is 5.73 Å². The topological polar surface area (TPSA) is 96.3 Å². The highest BCUT2D eigenvalue weighted by Crippen LogP contribution is 2.19. The molecular weight excluding hydrogens is 222 g/mol. The van der Waals surface area contributed by atoms with Gasteiger partial charge in [-0.2, -0.15) is 0 Å². The molecule has 17 heavy (non-hydrogen) atoms. The van der Waals surface area contributed by atoms with Crippen molar-refractivity contribution in [1.82, 2.24) is 9.88 Å². The Morgan fingerprint density at radius 2 is 2.18 bits per heavy atom. The molecule has 0 aromatic carbocycles. The quantitative estimate of drug-likeness (QED) is 0.720. The van der Waals surface area contributed by atoms with E-state index in [2.05, 4.69) is 4.98 Å². The van der Waals surface area contributed by atoms with Gasteiger partial charge in [0.25, 0.3) is 5.91 Å². The Balaban J connectivity index is 2.22. The molecule has 0 saturated carbocycles. The van der Waals surface area contributed by atoms with Crippen LogP contribution < -0.4 is 11.3 Å². The Bertz CT molecular complexity index is 488. The predicted molar refractivity (Wildman–Crippen MR) is 60.3 cm³/mol. The van der Waals surface area contributed by atoms with Crippen LogP contribution in [0, 0.1) is 0 Å². The highest BCUT2D eigenvalue weighted by atomic mass is 16.2. The van der Waals surface area contributed by atoms with Crippen molar-refractivity contribution < 1.29 is 9.59 Å². The van der Waals surface area contributed by atoms with E-state index in [0.29, 0.717) is 18.5 Å². The summed E-state index contributed by atoms with van der Waals surface area (Å²) in [6.45, 7) is 0.519. The maximum atomic E-state index is 12.1. The number of carbonyl (C=O) groups excluding carboxylic acids is 2. The standard InChI is InChI=1S/C11H13N3O3/c12-10(16)8-2-1-5-14(8)11(17)7-3-4-9(15)13-6-7/h3-4,6,8H,1-2,5H2,(H2,12,16)(H,13,15). The second-order valence-electron chi connectivity index (χ2n) is 4.00. The van der Waals surface area contributed by atoms with Gasteiger partial charge in [0, 0.05) is 18.8 Å². The van der Waals surface area contributed by atoms with E-state index in [1.807, 2.05) is 0 Å². The monoisotopic (exact) mass is 235 g/mol. The molecule has 2 amide bonds. The predicted octanol–water partition coefficient (Wildman–Crippen LogP) is -0.535. The van der Waals surface area contributed by atoms with Crippen molar-refractivity contribution in [2.75, 3.05) is 6.54 Å². The van der Waals surface area contributed by atoms with Crippen LogP contribution in [0.1, 0.15) is 23.2 Å². The Labute approximate surface area is 97.4 Å². The molecule has 1 aliphatic rings. The summed E-state index contributed by atoms with van der Waals surface area (Å²) in [5, 5.41) is 0. The van der Waals surface area contributed by atoms with E-state index in [0.717, 1.165) is 6.42 Å². The average Bonchev–Trinajstić information content (AvgIpc) is 2.78. The zero-order valence-corrected chi connectivity index (χ0v) is 9.18. The van der Waals surface area contributed by atoms with Crippen molar-refractivity contribution in [3.63, 3.8) is 0 Å². The molecule has 0 aliphatic carbocycles. The molecule has 0 bridgehead atoms. The van der Waals surface area contributed by atoms with Crippen LogP contribution in [0.3, 0.4) is 0 Å². The van der Waals surface area contributed by atoms with E-state index in [9.17, 15) is 14.4 Å². The van der Waals surface area contributed by atoms with Gasteiger partial charge in [0.2, 0.25) is 11.5 Å². The molecule has 0 radical (unpaired) electrons. The summed E-state index contributed by atoms with van der Waals surface area (Å²) in [5.41, 5.74) is 5.33. The van der Waals surface area contributed by atoms with Crippen molar-refractivity contribution in [1.29, 1.82) is 0 Å². The van der Waals surface area contributed by atoms with E-state index in [1.54, 1.807) is 0 Å². The minimum atomic E-state index is -0.533. The largest absolute Gasteiger partial charge is 0.368 e. The smallest absolute Gasteiger partial charge is 0.256 e. The number of H-pyrrole nitrogens is 1. The number of hydrogen-bond donors (Lipinski definition) is 2. The molecule has 1 atom stereocenters. The summed E-state index contributed by atoms with van der Waals surface area (Å²) in [7, 11) is 0. The molecule has 6 heteroatoms. The minimum absolute atomic E-state index is 0.269. The first-order chi connectivity index (χ1) is 8.09. The van der Waals surface area contributed by atoms with Gasteiger partial charge in [0.05, 0.1) is 5.56 Å². The second kappa shape index (κ2) is 4.40. The molecule has 1 unspecified atom stereocenters. The van der Waals surface area contributed by atoms with Gasteiger partial charge >= 0.3 is 0 Å². The van der Waals surface area contributed by atoms with E-state index >= 15 is 0 Å². The number of nitrogens with two attached hydrogens (primary N) is 1. The molecule has 1 fully saturated rings. The number of aromatic nitrogens is 1. The van der Waals surface area contributed by atoms with Gasteiger partial charge in [-0.1, -0.05) is 0 Å². The van der Waals surface area contributed by atoms with Crippen LogP contribution in [-0.2, 0) is 4.79 Å². The van der Waals surface area contributed by atoms with Gasteiger partial charge in [-0.15, -0.1) is 0 Å². The van der Waals surface area contributed by atoms with E-state index in [1.165, 1.54) is 23.2 Å². The van der Waals surface area contributed by atoms with Crippen molar-refractivity contribution >= 4 is 11.8 Å². The summed E-state index contributed by atoms with van der Waals surface area (Å²) in [5.74, 6) is -0.761. The second-order valence-corrected chi connectivity index (χ2v) is 4.00. The van der Waals surface area contributed by atoms with Crippen LogP contribution in [0.15, 0.2) is 23.1 Å². The lowest BCUT2D eigenvalue weighted by molar-refractivity contribution is -0.121. The molecule has 2 heterocycles. The average molecular weight is 235 g/mol. The molecule has 1 saturated heterocycles. The first-order valence-corrected chi connectivity index (χ1v) is 5.38. The van der Waals surface area contributed by atoms with Gasteiger partial charge in [-0.3, -0.25) is 14.4 Å². The highest BCUT2D eigenvalue weighted by molar-refractivity contribution is 5.97. The maximum absolute atomic E-state index is 12.1. The van der Waals surface area contributed by atoms with Crippen LogP contribution >= 0.6 is 0 Å². The fourth-order valence-corrected chi connectivity index (χ4v) is 2.02. The number of nitrogens with zero attached hydrogens (tertiary/aromatic N) is 1. The Morgan fingerprint density at radius 3 is 2.76 bits per heavy atom. The number of hydrogen-bond acceptors (Lipinski definition) is 3. The van der Waals surface area contributed by atoms with Gasteiger partial charge in [-0.25, -0.2) is 0 Å². The molecular formula is C11H13N3O3. The number of nitrogens with one attached hydrogen (secondary N) is 1. The number of aromatic amines is 1. The molecule has 1 aromatic heterocycles. The van der Waals surface area contributed by atoms with Crippen LogP contribution in [0.5, 0.6) is 0 Å². The maximum Gasteiger partial charge on any atom is 0.256 e. The summed E-state index contributed by atoms with van der Waals surface area (Å²) >= 11 is 0. The lowest BCUT2D eigenvalue weighted by atomic mass is 10.2. The van der Waals surface area contributed by atoms with E-state index in [4.69, 9.17) is 5.73 Å². The number of carbonyl (C=O) groups is 2. The van der Waals surface area contributed by atoms with Crippen molar-refractivity contribution in [3.8, 4) is 0 Å². The number of primary amides is 1. The SMILES string of the molecule is NC(=O)C1CCCN1C(=O)c1ccc(=O)[nH]c1. The first-order valence-electron chi connectivity index (χ1n) is 5.38. The van der Waals surface area contributed by atoms with Crippen LogP contribution in [0.4, 0.5) is 0 Å². The Kier molecular flexibility index (Phi) is 2.95. The lowest BCUT2D eigenvalue weighted by Crippen LogP contribution is -2.43. The zero-order chi connectivity index (χ0) is 12.4. The minimum Gasteiger partial charge on any atom is -0.368 e. The molecule has 0 spiro atoms. The van der Waals surface area contributed by atoms with Gasteiger partial charge in [0.15, 0.2) is 0 Å². The normalized spacial score (nSPS) is 19.3. The molecule has 90 valence electrons. The zero-order valence-electron chi connectivity index (χ0n) is 9.18. The van der Waals surface area contributed by atoms with Crippen LogP contribution in [-0.4, -0.2) is 34.3 Å². The summed E-state index contributed by atoms with van der Waals surface area (Å²) in [4.78, 5) is 38.0. The number of pyridine rings is 1. The first kappa shape index (κ1) is 11.4. The van der Waals surface area contributed by atoms with Crippen molar-refractivity contribution in [2.45, 2.75) is 18.9 Å². The number of rotatable bonds is 2. The highest BCUT2D eigenvalue weighted by Gasteiger charge is 2.33. The van der Waals surface area contributed by atoms with Crippen LogP contribution in [0.25, 0.3) is 0 Å². The van der Waals surface area contributed by atoms with E-state index in [-0.39, 0.29) is 11.5 Å². The summed E-state index contributed by atoms with van der Waals surface area (Å²) < 4.78 is 0. The molecule has 6 nitrogen and oxygen atoms in total. The Hall–Kier alpha value is -2.11. The third-order valence-electron chi connectivity index (χ3n) is 2.87. The lowest BCUT2D eigenvalue weighted by Gasteiger charge is -2.21. The number of amides is 2. The third kappa shape index (κ3) is 2.20. The van der Waals surface area contributed by atoms with Gasteiger partial charge in [-0.05, 0) is 18.9 Å². The van der Waals surface area contributed by atoms with E-state index < -0.39 is 11.9 Å². The summed E-state index contributed by atoms with van der Waals surface area (Å²) in [6.07, 6.45) is 2.72. The fraction of sp³-hybridized carbons (Fsp3) is 0.364. The molecule has 3 N–H and O–H groups in total. The van der Waals surface area contributed by atoms with Gasteiger partial charge in [0.1, 0.15) is 6.04 Å². The fourth-order valence-electron chi connectivity index (χ4n) is 2.02. The Morgan fingerprint density at radius 1 is 1.41 bits per heavy atom. The third-order valence-corrected chi connectivity index (χ3v) is 2.87. The van der Waals surface area contributed by atoms with Crippen molar-refractivity contribution in [3.05, 3.63) is 34.2 Å². The molecule has 1 aromatic rings. The molecule has 1 aliphatic heterocycles. The van der Waals surface area contributed by atoms with Crippen LogP contribution in [0.2, 0.25) is 0 Å². The van der Waals surface area contributed by atoms with Gasteiger partial charge < -0.3 is 15.6 Å².